The molecule has 0 radical (unpaired) electrons. The number of aromatic nitrogens is 1. The van der Waals surface area contributed by atoms with E-state index in [-0.39, 0.29) is 11.7 Å². The van der Waals surface area contributed by atoms with Gasteiger partial charge in [-0.3, -0.25) is 4.79 Å². The highest BCUT2D eigenvalue weighted by molar-refractivity contribution is 6.32. The molecule has 0 fully saturated rings. The standard InChI is InChI=1S/C12H12ClNO/c1-8-3-4-11-9(5-8)10(7-14(11)2)12(15)6-13/h3-5,7H,6H2,1-2H3. The predicted octanol–water partition coefficient (Wildman–Crippen LogP) is 2.91. The Morgan fingerprint density at radius 1 is 1.47 bits per heavy atom. The second-order valence-corrected chi connectivity index (χ2v) is 4.00. The monoisotopic (exact) mass is 221 g/mol. The lowest BCUT2D eigenvalue weighted by Gasteiger charge is -1.97. The van der Waals surface area contributed by atoms with E-state index in [1.807, 2.05) is 42.9 Å². The third-order valence-corrected chi connectivity index (χ3v) is 2.81. The Bertz CT molecular complexity index is 528. The Morgan fingerprint density at radius 2 is 2.20 bits per heavy atom. The van der Waals surface area contributed by atoms with E-state index >= 15 is 0 Å². The molecule has 0 aliphatic heterocycles. The van der Waals surface area contributed by atoms with Gasteiger partial charge in [-0.15, -0.1) is 11.6 Å². The summed E-state index contributed by atoms with van der Waals surface area (Å²) in [5.74, 6) is 0.0143. The summed E-state index contributed by atoms with van der Waals surface area (Å²) in [5, 5.41) is 0.989. The van der Waals surface area contributed by atoms with Crippen molar-refractivity contribution in [3.8, 4) is 0 Å². The van der Waals surface area contributed by atoms with Crippen molar-refractivity contribution in [3.05, 3.63) is 35.5 Å². The number of carbonyl (C=O) groups is 1. The molecule has 0 saturated carbocycles. The molecule has 1 aromatic heterocycles. The minimum absolute atomic E-state index is 0.0205. The molecule has 0 N–H and O–H groups in total. The van der Waals surface area contributed by atoms with Crippen LogP contribution in [0.2, 0.25) is 0 Å². The van der Waals surface area contributed by atoms with Gasteiger partial charge in [0.05, 0.1) is 5.88 Å². The Labute approximate surface area is 93.5 Å². The van der Waals surface area contributed by atoms with Gasteiger partial charge in [0.15, 0.2) is 5.78 Å². The zero-order chi connectivity index (χ0) is 11.0. The van der Waals surface area contributed by atoms with Crippen LogP contribution in [0, 0.1) is 6.92 Å². The van der Waals surface area contributed by atoms with Gasteiger partial charge in [0.2, 0.25) is 0 Å². The molecule has 15 heavy (non-hydrogen) atoms. The minimum Gasteiger partial charge on any atom is -0.350 e. The van der Waals surface area contributed by atoms with Gasteiger partial charge in [-0.25, -0.2) is 0 Å². The van der Waals surface area contributed by atoms with E-state index in [1.165, 1.54) is 0 Å². The highest BCUT2D eigenvalue weighted by Gasteiger charge is 2.12. The molecule has 0 amide bonds. The molecule has 0 saturated heterocycles. The molecular formula is C12H12ClNO. The predicted molar refractivity (Wildman–Crippen MR) is 62.7 cm³/mol. The Morgan fingerprint density at radius 3 is 2.87 bits per heavy atom. The maximum atomic E-state index is 11.6. The van der Waals surface area contributed by atoms with Gasteiger partial charge in [0.25, 0.3) is 0 Å². The van der Waals surface area contributed by atoms with E-state index in [2.05, 4.69) is 0 Å². The van der Waals surface area contributed by atoms with Gasteiger partial charge in [-0.05, 0) is 19.1 Å². The lowest BCUT2D eigenvalue weighted by Crippen LogP contribution is -1.98. The molecule has 0 atom stereocenters. The van der Waals surface area contributed by atoms with Crippen LogP contribution >= 0.6 is 11.6 Å². The number of aryl methyl sites for hydroxylation is 2. The van der Waals surface area contributed by atoms with E-state index < -0.39 is 0 Å². The molecule has 0 aliphatic rings. The molecule has 1 heterocycles. The van der Waals surface area contributed by atoms with E-state index in [0.29, 0.717) is 5.56 Å². The maximum Gasteiger partial charge on any atom is 0.179 e. The first-order valence-corrected chi connectivity index (χ1v) is 5.32. The van der Waals surface area contributed by atoms with Gasteiger partial charge in [0.1, 0.15) is 0 Å². The number of Topliss-reactive ketones (excluding diaryl/α,β-unsaturated/α-hetero) is 1. The van der Waals surface area contributed by atoms with Gasteiger partial charge >= 0.3 is 0 Å². The van der Waals surface area contributed by atoms with Crippen molar-refractivity contribution in [1.29, 1.82) is 0 Å². The molecule has 0 bridgehead atoms. The van der Waals surface area contributed by atoms with Crippen LogP contribution in [-0.2, 0) is 7.05 Å². The highest BCUT2D eigenvalue weighted by atomic mass is 35.5. The van der Waals surface area contributed by atoms with E-state index in [0.717, 1.165) is 16.5 Å². The van der Waals surface area contributed by atoms with Crippen LogP contribution in [-0.4, -0.2) is 16.2 Å². The summed E-state index contributed by atoms with van der Waals surface area (Å²) in [5.41, 5.74) is 2.93. The van der Waals surface area contributed by atoms with Crippen molar-refractivity contribution in [2.24, 2.45) is 7.05 Å². The number of benzene rings is 1. The number of halogens is 1. The molecule has 2 rings (SSSR count). The summed E-state index contributed by atoms with van der Waals surface area (Å²) in [7, 11) is 1.93. The van der Waals surface area contributed by atoms with E-state index in [4.69, 9.17) is 11.6 Å². The summed E-state index contributed by atoms with van der Waals surface area (Å²) >= 11 is 5.58. The zero-order valence-electron chi connectivity index (χ0n) is 8.75. The average molecular weight is 222 g/mol. The summed E-state index contributed by atoms with van der Waals surface area (Å²) < 4.78 is 1.95. The number of nitrogens with zero attached hydrogens (tertiary/aromatic N) is 1. The van der Waals surface area contributed by atoms with Crippen LogP contribution in [0.5, 0.6) is 0 Å². The lowest BCUT2D eigenvalue weighted by molar-refractivity contribution is 0.102. The van der Waals surface area contributed by atoms with E-state index in [1.54, 1.807) is 0 Å². The number of alkyl halides is 1. The SMILES string of the molecule is Cc1ccc2c(c1)c(C(=O)CCl)cn2C. The molecule has 1 aromatic carbocycles. The van der Waals surface area contributed by atoms with Crippen LogP contribution in [0.25, 0.3) is 10.9 Å². The van der Waals surface area contributed by atoms with Gasteiger partial charge in [0, 0.05) is 29.7 Å². The Balaban J connectivity index is 2.75. The lowest BCUT2D eigenvalue weighted by atomic mass is 10.1. The van der Waals surface area contributed by atoms with E-state index in [9.17, 15) is 4.79 Å². The van der Waals surface area contributed by atoms with Crippen LogP contribution in [0.4, 0.5) is 0 Å². The Hall–Kier alpha value is -1.28. The summed E-state index contributed by atoms with van der Waals surface area (Å²) in [6, 6.07) is 6.09. The van der Waals surface area contributed by atoms with Crippen molar-refractivity contribution in [2.75, 3.05) is 5.88 Å². The fraction of sp³-hybridized carbons (Fsp3) is 0.250. The molecular weight excluding hydrogens is 210 g/mol. The van der Waals surface area contributed by atoms with Crippen LogP contribution in [0.15, 0.2) is 24.4 Å². The Kier molecular flexibility index (Phi) is 2.53. The summed E-state index contributed by atoms with van der Waals surface area (Å²) in [6.45, 7) is 2.02. The topological polar surface area (TPSA) is 22.0 Å². The molecule has 0 unspecified atom stereocenters. The molecule has 78 valence electrons. The van der Waals surface area contributed by atoms with Crippen molar-refractivity contribution in [3.63, 3.8) is 0 Å². The fourth-order valence-corrected chi connectivity index (χ4v) is 1.94. The molecule has 0 spiro atoms. The molecule has 2 nitrogen and oxygen atoms in total. The summed E-state index contributed by atoms with van der Waals surface area (Å²) in [4.78, 5) is 11.6. The van der Waals surface area contributed by atoms with Crippen molar-refractivity contribution >= 4 is 28.3 Å². The number of fused-ring (bicyclic) bond motifs is 1. The number of carbonyl (C=O) groups excluding carboxylic acids is 1. The van der Waals surface area contributed by atoms with Crippen LogP contribution in [0.1, 0.15) is 15.9 Å². The molecule has 2 aromatic rings. The number of hydrogen-bond donors (Lipinski definition) is 0. The number of rotatable bonds is 2. The largest absolute Gasteiger partial charge is 0.350 e. The first-order valence-electron chi connectivity index (χ1n) is 4.78. The molecule has 0 aliphatic carbocycles. The van der Waals surface area contributed by atoms with Crippen LogP contribution in [0.3, 0.4) is 0 Å². The van der Waals surface area contributed by atoms with Crippen molar-refractivity contribution in [1.82, 2.24) is 4.57 Å². The third-order valence-electron chi connectivity index (χ3n) is 2.57. The highest BCUT2D eigenvalue weighted by Crippen LogP contribution is 2.22. The second kappa shape index (κ2) is 3.70. The van der Waals surface area contributed by atoms with Gasteiger partial charge in [-0.2, -0.15) is 0 Å². The first kappa shape index (κ1) is 10.2. The zero-order valence-corrected chi connectivity index (χ0v) is 9.51. The second-order valence-electron chi connectivity index (χ2n) is 3.73. The third kappa shape index (κ3) is 1.65. The van der Waals surface area contributed by atoms with Gasteiger partial charge in [-0.1, -0.05) is 11.6 Å². The van der Waals surface area contributed by atoms with Crippen molar-refractivity contribution < 1.29 is 4.79 Å². The minimum atomic E-state index is -0.0205. The first-order chi connectivity index (χ1) is 7.13. The van der Waals surface area contributed by atoms with Crippen molar-refractivity contribution in [2.45, 2.75) is 6.92 Å². The fourth-order valence-electron chi connectivity index (χ4n) is 1.80. The average Bonchev–Trinajstić information content (AvgIpc) is 2.54. The van der Waals surface area contributed by atoms with Gasteiger partial charge < -0.3 is 4.57 Å². The quantitative estimate of drug-likeness (QED) is 0.565. The van der Waals surface area contributed by atoms with Crippen LogP contribution < -0.4 is 0 Å². The number of hydrogen-bond acceptors (Lipinski definition) is 1. The maximum absolute atomic E-state index is 11.6. The molecule has 3 heteroatoms. The normalized spacial score (nSPS) is 10.9. The summed E-state index contributed by atoms with van der Waals surface area (Å²) in [6.07, 6.45) is 1.84. The number of ketones is 1. The smallest absolute Gasteiger partial charge is 0.179 e.